The average molecular weight is 301 g/mol. The third kappa shape index (κ3) is 2.76. The van der Waals surface area contributed by atoms with Crippen molar-refractivity contribution in [3.8, 4) is 0 Å². The standard InChI is InChI=1S/C16H13ClN2O2/c1-10-13-8-12(17)2-3-14(13)21-15(10)16(20)19-9-11-4-6-18-7-5-11/h2-8H,9H2,1H3,(H,19,20). The van der Waals surface area contributed by atoms with Gasteiger partial charge < -0.3 is 9.73 Å². The van der Waals surface area contributed by atoms with Crippen molar-refractivity contribution in [3.63, 3.8) is 0 Å². The van der Waals surface area contributed by atoms with Crippen molar-refractivity contribution < 1.29 is 9.21 Å². The van der Waals surface area contributed by atoms with Gasteiger partial charge in [-0.3, -0.25) is 9.78 Å². The van der Waals surface area contributed by atoms with E-state index in [4.69, 9.17) is 16.0 Å². The molecular formula is C16H13ClN2O2. The Labute approximate surface area is 126 Å². The first-order valence-corrected chi connectivity index (χ1v) is 6.88. The lowest BCUT2D eigenvalue weighted by Crippen LogP contribution is -2.22. The molecule has 5 heteroatoms. The van der Waals surface area contributed by atoms with Crippen LogP contribution in [0.25, 0.3) is 11.0 Å². The van der Waals surface area contributed by atoms with E-state index in [1.807, 2.05) is 19.1 Å². The molecule has 0 atom stereocenters. The van der Waals surface area contributed by atoms with E-state index >= 15 is 0 Å². The van der Waals surface area contributed by atoms with Crippen LogP contribution in [0.3, 0.4) is 0 Å². The van der Waals surface area contributed by atoms with Crippen molar-refractivity contribution in [2.75, 3.05) is 0 Å². The molecule has 0 spiro atoms. The minimum atomic E-state index is -0.239. The number of rotatable bonds is 3. The molecule has 1 N–H and O–H groups in total. The molecule has 3 rings (SSSR count). The molecule has 1 aromatic carbocycles. The normalized spacial score (nSPS) is 10.8. The summed E-state index contributed by atoms with van der Waals surface area (Å²) >= 11 is 5.97. The van der Waals surface area contributed by atoms with Crippen LogP contribution in [0.15, 0.2) is 47.1 Å². The number of nitrogens with one attached hydrogen (secondary N) is 1. The number of aromatic nitrogens is 1. The lowest BCUT2D eigenvalue weighted by molar-refractivity contribution is 0.0924. The van der Waals surface area contributed by atoms with E-state index in [1.165, 1.54) is 0 Å². The van der Waals surface area contributed by atoms with Gasteiger partial charge in [0.1, 0.15) is 5.58 Å². The van der Waals surface area contributed by atoms with E-state index in [2.05, 4.69) is 10.3 Å². The van der Waals surface area contributed by atoms with Gasteiger partial charge in [0.05, 0.1) is 0 Å². The van der Waals surface area contributed by atoms with Crippen LogP contribution in [0.4, 0.5) is 0 Å². The number of halogens is 1. The van der Waals surface area contributed by atoms with Crippen LogP contribution >= 0.6 is 11.6 Å². The van der Waals surface area contributed by atoms with Crippen molar-refractivity contribution in [1.82, 2.24) is 10.3 Å². The zero-order chi connectivity index (χ0) is 14.8. The largest absolute Gasteiger partial charge is 0.451 e. The molecule has 0 unspecified atom stereocenters. The number of carbonyl (C=O) groups is 1. The lowest BCUT2D eigenvalue weighted by Gasteiger charge is -2.03. The van der Waals surface area contributed by atoms with E-state index in [1.54, 1.807) is 30.6 Å². The molecule has 0 fully saturated rings. The Morgan fingerprint density at radius 2 is 2.05 bits per heavy atom. The maximum Gasteiger partial charge on any atom is 0.287 e. The summed E-state index contributed by atoms with van der Waals surface area (Å²) in [7, 11) is 0. The summed E-state index contributed by atoms with van der Waals surface area (Å²) in [6.45, 7) is 2.28. The van der Waals surface area contributed by atoms with Crippen LogP contribution in [0, 0.1) is 6.92 Å². The van der Waals surface area contributed by atoms with Crippen molar-refractivity contribution in [3.05, 3.63) is 64.6 Å². The van der Waals surface area contributed by atoms with Gasteiger partial charge in [0.25, 0.3) is 5.91 Å². The molecule has 21 heavy (non-hydrogen) atoms. The van der Waals surface area contributed by atoms with E-state index in [9.17, 15) is 4.79 Å². The molecule has 3 aromatic rings. The molecule has 0 bridgehead atoms. The number of benzene rings is 1. The molecule has 4 nitrogen and oxygen atoms in total. The summed E-state index contributed by atoms with van der Waals surface area (Å²) in [6.07, 6.45) is 3.38. The van der Waals surface area contributed by atoms with Crippen molar-refractivity contribution >= 4 is 28.5 Å². The second-order valence-corrected chi connectivity index (χ2v) is 5.17. The maximum atomic E-state index is 12.2. The van der Waals surface area contributed by atoms with Crippen LogP contribution < -0.4 is 5.32 Å². The number of amides is 1. The van der Waals surface area contributed by atoms with Gasteiger partial charge in [0.15, 0.2) is 5.76 Å². The highest BCUT2D eigenvalue weighted by Crippen LogP contribution is 2.27. The lowest BCUT2D eigenvalue weighted by atomic mass is 10.1. The number of fused-ring (bicyclic) bond motifs is 1. The van der Waals surface area contributed by atoms with Crippen LogP contribution in [0.5, 0.6) is 0 Å². The number of nitrogens with zero attached hydrogens (tertiary/aromatic N) is 1. The molecule has 106 valence electrons. The Kier molecular flexibility index (Phi) is 3.62. The summed E-state index contributed by atoms with van der Waals surface area (Å²) in [5.41, 5.74) is 2.43. The minimum Gasteiger partial charge on any atom is -0.451 e. The number of aryl methyl sites for hydroxylation is 1. The number of hydrogen-bond acceptors (Lipinski definition) is 3. The number of carbonyl (C=O) groups excluding carboxylic acids is 1. The van der Waals surface area contributed by atoms with Crippen molar-refractivity contribution in [2.45, 2.75) is 13.5 Å². The van der Waals surface area contributed by atoms with E-state index in [0.717, 1.165) is 16.5 Å². The highest BCUT2D eigenvalue weighted by molar-refractivity contribution is 6.31. The fraction of sp³-hybridized carbons (Fsp3) is 0.125. The van der Waals surface area contributed by atoms with Gasteiger partial charge >= 0.3 is 0 Å². The molecular weight excluding hydrogens is 288 g/mol. The summed E-state index contributed by atoms with van der Waals surface area (Å²) < 4.78 is 5.62. The number of hydrogen-bond donors (Lipinski definition) is 1. The zero-order valence-corrected chi connectivity index (χ0v) is 12.1. The first-order valence-electron chi connectivity index (χ1n) is 6.51. The van der Waals surface area contributed by atoms with Crippen LogP contribution in [0.2, 0.25) is 5.02 Å². The third-order valence-electron chi connectivity index (χ3n) is 3.31. The van der Waals surface area contributed by atoms with Crippen molar-refractivity contribution in [2.24, 2.45) is 0 Å². The fourth-order valence-electron chi connectivity index (χ4n) is 2.17. The SMILES string of the molecule is Cc1c(C(=O)NCc2ccncc2)oc2ccc(Cl)cc12. The van der Waals surface area contributed by atoms with Gasteiger partial charge in [0, 0.05) is 34.9 Å². The topological polar surface area (TPSA) is 55.1 Å². The zero-order valence-electron chi connectivity index (χ0n) is 11.4. The fourth-order valence-corrected chi connectivity index (χ4v) is 2.35. The van der Waals surface area contributed by atoms with Gasteiger partial charge in [-0.2, -0.15) is 0 Å². The Bertz CT molecular complexity index is 797. The van der Waals surface area contributed by atoms with Gasteiger partial charge in [-0.1, -0.05) is 11.6 Å². The smallest absolute Gasteiger partial charge is 0.287 e. The van der Waals surface area contributed by atoms with Crippen LogP contribution in [0.1, 0.15) is 21.7 Å². The molecule has 0 aliphatic carbocycles. The van der Waals surface area contributed by atoms with Gasteiger partial charge in [-0.25, -0.2) is 0 Å². The predicted octanol–water partition coefficient (Wildman–Crippen LogP) is 3.72. The minimum absolute atomic E-state index is 0.239. The molecule has 1 amide bonds. The first kappa shape index (κ1) is 13.6. The van der Waals surface area contributed by atoms with Crippen LogP contribution in [-0.4, -0.2) is 10.9 Å². The highest BCUT2D eigenvalue weighted by Gasteiger charge is 2.17. The van der Waals surface area contributed by atoms with Gasteiger partial charge in [-0.05, 0) is 42.8 Å². The maximum absolute atomic E-state index is 12.2. The Hall–Kier alpha value is -2.33. The Morgan fingerprint density at radius 1 is 1.29 bits per heavy atom. The molecule has 0 saturated heterocycles. The quantitative estimate of drug-likeness (QED) is 0.802. The van der Waals surface area contributed by atoms with E-state index < -0.39 is 0 Å². The number of pyridine rings is 1. The highest BCUT2D eigenvalue weighted by atomic mass is 35.5. The monoisotopic (exact) mass is 300 g/mol. The van der Waals surface area contributed by atoms with E-state index in [0.29, 0.717) is 22.9 Å². The second kappa shape index (κ2) is 5.58. The number of furan rings is 1. The van der Waals surface area contributed by atoms with Crippen LogP contribution in [-0.2, 0) is 6.54 Å². The van der Waals surface area contributed by atoms with Crippen molar-refractivity contribution in [1.29, 1.82) is 0 Å². The summed E-state index contributed by atoms with van der Waals surface area (Å²) in [6, 6.07) is 9.02. The summed E-state index contributed by atoms with van der Waals surface area (Å²) in [5.74, 6) is 0.0814. The summed E-state index contributed by atoms with van der Waals surface area (Å²) in [4.78, 5) is 16.2. The second-order valence-electron chi connectivity index (χ2n) is 4.73. The summed E-state index contributed by atoms with van der Waals surface area (Å²) in [5, 5.41) is 4.32. The first-order chi connectivity index (χ1) is 10.1. The third-order valence-corrected chi connectivity index (χ3v) is 3.54. The van der Waals surface area contributed by atoms with E-state index in [-0.39, 0.29) is 5.91 Å². The molecule has 2 aromatic heterocycles. The van der Waals surface area contributed by atoms with Gasteiger partial charge in [0.2, 0.25) is 0 Å². The molecule has 0 saturated carbocycles. The average Bonchev–Trinajstić information content (AvgIpc) is 2.83. The predicted molar refractivity (Wildman–Crippen MR) is 81.4 cm³/mol. The Balaban J connectivity index is 1.83. The van der Waals surface area contributed by atoms with Gasteiger partial charge in [-0.15, -0.1) is 0 Å². The molecule has 0 aliphatic rings. The molecule has 0 radical (unpaired) electrons. The molecule has 2 heterocycles. The molecule has 0 aliphatic heterocycles. The Morgan fingerprint density at radius 3 is 2.81 bits per heavy atom.